The van der Waals surface area contributed by atoms with Crippen LogP contribution in [0.4, 0.5) is 0 Å². The van der Waals surface area contributed by atoms with Gasteiger partial charge in [-0.05, 0) is 35.7 Å². The molecule has 0 unspecified atom stereocenters. The Morgan fingerprint density at radius 3 is 2.78 bits per heavy atom. The van der Waals surface area contributed by atoms with Gasteiger partial charge < -0.3 is 4.42 Å². The maximum absolute atomic E-state index is 12.5. The van der Waals surface area contributed by atoms with Gasteiger partial charge in [-0.25, -0.2) is 0 Å². The number of carbonyl (C=O) groups excluding carboxylic acids is 1. The van der Waals surface area contributed by atoms with Crippen LogP contribution in [0.2, 0.25) is 5.02 Å². The molecule has 0 atom stereocenters. The molecule has 0 saturated carbocycles. The number of hydrogen-bond acceptors (Lipinski definition) is 6. The molecule has 0 aliphatic rings. The molecule has 0 aliphatic carbocycles. The summed E-state index contributed by atoms with van der Waals surface area (Å²) < 4.78 is 7.45. The topological polar surface area (TPSA) is 60.9 Å². The molecule has 0 radical (unpaired) electrons. The summed E-state index contributed by atoms with van der Waals surface area (Å²) in [5.41, 5.74) is 0.516. The van der Waals surface area contributed by atoms with Crippen LogP contribution in [0, 0.1) is 0 Å². The van der Waals surface area contributed by atoms with Crippen LogP contribution in [-0.2, 0) is 6.54 Å². The molecule has 3 aromatic heterocycles. The first-order valence-electron chi connectivity index (χ1n) is 8.12. The van der Waals surface area contributed by atoms with E-state index < -0.39 is 0 Å². The number of halogens is 1. The predicted octanol–water partition coefficient (Wildman–Crippen LogP) is 5.28. The largest absolute Gasteiger partial charge is 0.467 e. The highest BCUT2D eigenvalue weighted by Crippen LogP contribution is 2.29. The molecule has 0 aliphatic heterocycles. The zero-order valence-electron chi connectivity index (χ0n) is 14.0. The number of nitrogens with zero attached hydrogens (tertiary/aromatic N) is 3. The highest BCUT2D eigenvalue weighted by molar-refractivity contribution is 7.99. The Balaban J connectivity index is 1.59. The van der Waals surface area contributed by atoms with E-state index in [-0.39, 0.29) is 11.5 Å². The van der Waals surface area contributed by atoms with Gasteiger partial charge in [0.2, 0.25) is 0 Å². The molecule has 0 amide bonds. The highest BCUT2D eigenvalue weighted by atomic mass is 35.5. The molecule has 5 nitrogen and oxygen atoms in total. The van der Waals surface area contributed by atoms with E-state index in [9.17, 15) is 4.79 Å². The number of ketones is 1. The number of furan rings is 1. The van der Waals surface area contributed by atoms with Gasteiger partial charge in [-0.2, -0.15) is 0 Å². The lowest BCUT2D eigenvalue weighted by molar-refractivity contribution is 0.102. The highest BCUT2D eigenvalue weighted by Gasteiger charge is 2.18. The Kier molecular flexibility index (Phi) is 5.42. The maximum Gasteiger partial charge on any atom is 0.192 e. The van der Waals surface area contributed by atoms with Crippen LogP contribution >= 0.6 is 34.7 Å². The molecule has 0 N–H and O–H groups in total. The number of aromatic nitrogens is 3. The third kappa shape index (κ3) is 4.00. The fourth-order valence-electron chi connectivity index (χ4n) is 2.58. The van der Waals surface area contributed by atoms with Crippen molar-refractivity contribution >= 4 is 40.5 Å². The Morgan fingerprint density at radius 1 is 1.15 bits per heavy atom. The molecule has 27 heavy (non-hydrogen) atoms. The first kappa shape index (κ1) is 18.0. The third-order valence-electron chi connectivity index (χ3n) is 3.86. The van der Waals surface area contributed by atoms with Crippen molar-refractivity contribution in [3.8, 4) is 10.7 Å². The lowest BCUT2D eigenvalue weighted by atomic mass is 10.1. The van der Waals surface area contributed by atoms with Gasteiger partial charge in [-0.15, -0.1) is 21.5 Å². The summed E-state index contributed by atoms with van der Waals surface area (Å²) in [6.07, 6.45) is 1.64. The average molecular weight is 416 g/mol. The van der Waals surface area contributed by atoms with Crippen LogP contribution in [0.1, 0.15) is 16.1 Å². The molecule has 136 valence electrons. The lowest BCUT2D eigenvalue weighted by Gasteiger charge is -2.08. The van der Waals surface area contributed by atoms with Crippen molar-refractivity contribution < 1.29 is 9.21 Å². The first-order valence-corrected chi connectivity index (χ1v) is 10.4. The Bertz CT molecular complexity index is 1040. The summed E-state index contributed by atoms with van der Waals surface area (Å²) in [4.78, 5) is 13.5. The first-order chi connectivity index (χ1) is 13.2. The molecule has 0 saturated heterocycles. The van der Waals surface area contributed by atoms with E-state index in [2.05, 4.69) is 10.2 Å². The zero-order chi connectivity index (χ0) is 18.6. The van der Waals surface area contributed by atoms with Gasteiger partial charge >= 0.3 is 0 Å². The van der Waals surface area contributed by atoms with E-state index in [1.54, 1.807) is 41.9 Å². The molecule has 3 heterocycles. The normalized spacial score (nSPS) is 11.0. The fourth-order valence-corrected chi connectivity index (χ4v) is 4.36. The molecule has 0 bridgehead atoms. The van der Waals surface area contributed by atoms with E-state index in [0.29, 0.717) is 22.3 Å². The number of hydrogen-bond donors (Lipinski definition) is 0. The van der Waals surface area contributed by atoms with E-state index in [1.165, 1.54) is 11.8 Å². The molecular weight excluding hydrogens is 402 g/mol. The van der Waals surface area contributed by atoms with Crippen LogP contribution in [0.5, 0.6) is 0 Å². The molecule has 1 aromatic carbocycles. The van der Waals surface area contributed by atoms with Crippen molar-refractivity contribution in [2.75, 3.05) is 5.75 Å². The minimum absolute atomic E-state index is 0.0455. The van der Waals surface area contributed by atoms with Gasteiger partial charge in [0, 0.05) is 5.56 Å². The van der Waals surface area contributed by atoms with Gasteiger partial charge in [0.15, 0.2) is 16.8 Å². The second-order valence-corrected chi connectivity index (χ2v) is 7.94. The summed E-state index contributed by atoms with van der Waals surface area (Å²) in [5, 5.41) is 11.7. The number of benzene rings is 1. The Hall–Kier alpha value is -2.35. The van der Waals surface area contributed by atoms with Crippen LogP contribution in [-0.4, -0.2) is 26.3 Å². The fraction of sp³-hybridized carbons (Fsp3) is 0.105. The minimum Gasteiger partial charge on any atom is -0.467 e. The number of thioether (sulfide) groups is 1. The van der Waals surface area contributed by atoms with E-state index in [4.69, 9.17) is 16.0 Å². The summed E-state index contributed by atoms with van der Waals surface area (Å²) in [6, 6.07) is 14.8. The van der Waals surface area contributed by atoms with Crippen molar-refractivity contribution in [3.05, 3.63) is 76.5 Å². The van der Waals surface area contributed by atoms with Crippen LogP contribution in [0.15, 0.2) is 69.7 Å². The lowest BCUT2D eigenvalue weighted by Crippen LogP contribution is -2.07. The zero-order valence-corrected chi connectivity index (χ0v) is 16.4. The smallest absolute Gasteiger partial charge is 0.192 e. The summed E-state index contributed by atoms with van der Waals surface area (Å²) in [6.45, 7) is 0.496. The number of rotatable bonds is 7. The predicted molar refractivity (Wildman–Crippen MR) is 108 cm³/mol. The second kappa shape index (κ2) is 8.12. The van der Waals surface area contributed by atoms with Crippen LogP contribution in [0.3, 0.4) is 0 Å². The summed E-state index contributed by atoms with van der Waals surface area (Å²) >= 11 is 9.06. The van der Waals surface area contributed by atoms with Gasteiger partial charge in [-0.3, -0.25) is 9.36 Å². The molecule has 4 rings (SSSR count). The number of Topliss-reactive ketones (excluding diaryl/α,β-unsaturated/α-hetero) is 1. The monoisotopic (exact) mass is 415 g/mol. The van der Waals surface area contributed by atoms with E-state index >= 15 is 0 Å². The van der Waals surface area contributed by atoms with Crippen molar-refractivity contribution in [1.82, 2.24) is 14.8 Å². The second-order valence-electron chi connectivity index (χ2n) is 5.64. The molecule has 4 aromatic rings. The molecule has 0 spiro atoms. The minimum atomic E-state index is -0.0455. The number of carbonyl (C=O) groups is 1. The summed E-state index contributed by atoms with van der Waals surface area (Å²) in [7, 11) is 0. The Morgan fingerprint density at radius 2 is 2.04 bits per heavy atom. The SMILES string of the molecule is O=C(CSc1nnc(-c2cccs2)n1Cc1ccco1)c1ccccc1Cl. The molecule has 0 fully saturated rings. The van der Waals surface area contributed by atoms with Crippen LogP contribution < -0.4 is 0 Å². The van der Waals surface area contributed by atoms with Gasteiger partial charge in [0.05, 0.1) is 28.5 Å². The quantitative estimate of drug-likeness (QED) is 0.303. The van der Waals surface area contributed by atoms with Crippen LogP contribution in [0.25, 0.3) is 10.7 Å². The number of thiophene rings is 1. The third-order valence-corrected chi connectivity index (χ3v) is 6.02. The maximum atomic E-state index is 12.5. The van der Waals surface area contributed by atoms with Gasteiger partial charge in [0.25, 0.3) is 0 Å². The van der Waals surface area contributed by atoms with Crippen molar-refractivity contribution in [1.29, 1.82) is 0 Å². The van der Waals surface area contributed by atoms with Gasteiger partial charge in [0.1, 0.15) is 5.76 Å². The molecular formula is C19H14ClN3O2S2. The van der Waals surface area contributed by atoms with Gasteiger partial charge in [-0.1, -0.05) is 41.6 Å². The van der Waals surface area contributed by atoms with Crippen molar-refractivity contribution in [3.63, 3.8) is 0 Å². The summed E-state index contributed by atoms with van der Waals surface area (Å²) in [5.74, 6) is 1.74. The van der Waals surface area contributed by atoms with Crippen molar-refractivity contribution in [2.24, 2.45) is 0 Å². The van der Waals surface area contributed by atoms with E-state index in [1.807, 2.05) is 34.2 Å². The van der Waals surface area contributed by atoms with E-state index in [0.717, 1.165) is 16.5 Å². The van der Waals surface area contributed by atoms with Crippen molar-refractivity contribution in [2.45, 2.75) is 11.7 Å². The Labute approximate surface area is 169 Å². The molecule has 8 heteroatoms. The average Bonchev–Trinajstić information content (AvgIpc) is 3.43. The standard InChI is InChI=1S/C19H14ClN3O2S2/c20-15-7-2-1-6-14(15)16(24)12-27-19-22-21-18(17-8-4-10-26-17)23(19)11-13-5-3-9-25-13/h1-10H,11-12H2.